The van der Waals surface area contributed by atoms with Gasteiger partial charge in [-0.3, -0.25) is 24.0 Å². The SMILES string of the molecule is CC(C)C[C@H]1C(=O)N[C@@H](Cc2ccccc2)C2(O)O[C@@](C)(NC(=O)[C@@H]3C=C4c5cccc6[nH]cc(c56)C[C@@]4(C)NC3)C(=O)N12. The molecule has 5 N–H and O–H groups in total. The van der Waals surface area contributed by atoms with Gasteiger partial charge in [-0.15, -0.1) is 0 Å². The van der Waals surface area contributed by atoms with Crippen molar-refractivity contribution in [2.45, 2.75) is 76.2 Å². The van der Waals surface area contributed by atoms with E-state index in [0.717, 1.165) is 38.9 Å². The van der Waals surface area contributed by atoms with Crippen LogP contribution in [0.15, 0.2) is 60.8 Å². The van der Waals surface area contributed by atoms with Gasteiger partial charge in [0.1, 0.15) is 12.1 Å². The Kier molecular flexibility index (Phi) is 6.55. The Bertz CT molecular complexity index is 1700. The van der Waals surface area contributed by atoms with E-state index >= 15 is 0 Å². The summed E-state index contributed by atoms with van der Waals surface area (Å²) in [6.07, 6.45) is 5.39. The van der Waals surface area contributed by atoms with Crippen LogP contribution in [0.2, 0.25) is 0 Å². The Morgan fingerprint density at radius 2 is 1.91 bits per heavy atom. The third-order valence-electron chi connectivity index (χ3n) is 9.68. The molecule has 4 heterocycles. The predicted octanol–water partition coefficient (Wildman–Crippen LogP) is 2.58. The molecular weight excluding hydrogens is 558 g/mol. The van der Waals surface area contributed by atoms with E-state index < -0.39 is 41.5 Å². The number of ether oxygens (including phenoxy) is 1. The van der Waals surface area contributed by atoms with Gasteiger partial charge in [0.15, 0.2) is 0 Å². The van der Waals surface area contributed by atoms with Crippen molar-refractivity contribution in [2.75, 3.05) is 6.54 Å². The number of carbonyl (C=O) groups excluding carboxylic acids is 3. The van der Waals surface area contributed by atoms with Crippen LogP contribution < -0.4 is 16.0 Å². The minimum Gasteiger partial charge on any atom is -0.361 e. The third kappa shape index (κ3) is 4.38. The molecule has 7 rings (SSSR count). The van der Waals surface area contributed by atoms with Gasteiger partial charge in [-0.1, -0.05) is 62.4 Å². The average Bonchev–Trinajstić information content (AvgIpc) is 3.47. The van der Waals surface area contributed by atoms with Crippen molar-refractivity contribution in [3.05, 3.63) is 77.5 Å². The summed E-state index contributed by atoms with van der Waals surface area (Å²) in [6.45, 7) is 7.87. The van der Waals surface area contributed by atoms with E-state index in [1.54, 1.807) is 0 Å². The van der Waals surface area contributed by atoms with Crippen LogP contribution >= 0.6 is 0 Å². The zero-order valence-electron chi connectivity index (χ0n) is 25.4. The number of amides is 3. The fraction of sp³-hybridized carbons (Fsp3) is 0.441. The summed E-state index contributed by atoms with van der Waals surface area (Å²) in [4.78, 5) is 45.9. The second-order valence-electron chi connectivity index (χ2n) is 13.5. The monoisotopic (exact) mass is 597 g/mol. The molecule has 0 bridgehead atoms. The Morgan fingerprint density at radius 1 is 1.14 bits per heavy atom. The zero-order valence-corrected chi connectivity index (χ0v) is 25.4. The number of H-pyrrole nitrogens is 1. The molecule has 2 aromatic carbocycles. The number of hydrogen-bond acceptors (Lipinski definition) is 6. The predicted molar refractivity (Wildman–Crippen MR) is 165 cm³/mol. The van der Waals surface area contributed by atoms with Crippen molar-refractivity contribution >= 4 is 34.2 Å². The van der Waals surface area contributed by atoms with E-state index in [1.165, 1.54) is 12.5 Å². The van der Waals surface area contributed by atoms with Crippen LogP contribution in [0.25, 0.3) is 16.5 Å². The van der Waals surface area contributed by atoms with E-state index in [1.807, 2.05) is 62.4 Å². The van der Waals surface area contributed by atoms with Crippen molar-refractivity contribution < 1.29 is 24.2 Å². The molecule has 3 aromatic rings. The molecule has 2 fully saturated rings. The summed E-state index contributed by atoms with van der Waals surface area (Å²) in [5.74, 6) is -4.10. The number of hydrogen-bond donors (Lipinski definition) is 5. The lowest BCUT2D eigenvalue weighted by Gasteiger charge is -2.46. The van der Waals surface area contributed by atoms with Gasteiger partial charge < -0.3 is 26.0 Å². The number of aliphatic hydroxyl groups is 1. The Labute approximate surface area is 256 Å². The van der Waals surface area contributed by atoms with Crippen LogP contribution in [0.4, 0.5) is 0 Å². The molecule has 4 aliphatic rings. The number of carbonyl (C=O) groups is 3. The van der Waals surface area contributed by atoms with E-state index in [2.05, 4.69) is 40.1 Å². The van der Waals surface area contributed by atoms with E-state index in [-0.39, 0.29) is 23.8 Å². The van der Waals surface area contributed by atoms with E-state index in [0.29, 0.717) is 13.0 Å². The molecule has 0 radical (unpaired) electrons. The quantitative estimate of drug-likeness (QED) is 0.297. The number of fused-ring (bicyclic) bond motifs is 3. The van der Waals surface area contributed by atoms with Crippen LogP contribution in [0.3, 0.4) is 0 Å². The number of nitrogens with one attached hydrogen (secondary N) is 4. The average molecular weight is 598 g/mol. The minimum absolute atomic E-state index is 0.0599. The molecule has 1 unspecified atom stereocenters. The summed E-state index contributed by atoms with van der Waals surface area (Å²) in [7, 11) is 0. The maximum atomic E-state index is 14.1. The minimum atomic E-state index is -2.16. The van der Waals surface area contributed by atoms with Gasteiger partial charge in [0.25, 0.3) is 11.8 Å². The molecule has 6 atom stereocenters. The number of rotatable bonds is 6. The molecule has 44 heavy (non-hydrogen) atoms. The number of benzene rings is 2. The van der Waals surface area contributed by atoms with Gasteiger partial charge in [-0.05, 0) is 67.4 Å². The highest BCUT2D eigenvalue weighted by molar-refractivity contribution is 6.01. The highest BCUT2D eigenvalue weighted by atomic mass is 16.7. The standard InChI is InChI=1S/C34H39N5O5/c1-19(2)13-26-30(41)37-27(14-20-9-6-5-7-10-20)34(43)39(26)31(42)33(4,44-34)38-29(40)21-15-24-23-11-8-12-25-28(23)22(17-35-25)16-32(24,3)36-18-21/h5-12,15,17,19,21,26-27,35-36,43H,13-14,16,18H2,1-4H3,(H,37,41)(H,38,40)/t21-,26+,27+,32-,33-,34?/m1/s1. The van der Waals surface area contributed by atoms with Crippen LogP contribution in [-0.2, 0) is 32.0 Å². The van der Waals surface area contributed by atoms with Crippen LogP contribution in [-0.4, -0.2) is 68.5 Å². The Hall–Kier alpha value is -3.99. The molecule has 10 nitrogen and oxygen atoms in total. The first-order chi connectivity index (χ1) is 20.9. The summed E-state index contributed by atoms with van der Waals surface area (Å²) in [5.41, 5.74) is 3.03. The van der Waals surface area contributed by atoms with Gasteiger partial charge in [-0.25, -0.2) is 0 Å². The van der Waals surface area contributed by atoms with Crippen molar-refractivity contribution in [1.82, 2.24) is 25.8 Å². The fourth-order valence-corrected chi connectivity index (χ4v) is 7.54. The molecule has 3 amide bonds. The lowest BCUT2D eigenvalue weighted by Crippen LogP contribution is -2.72. The largest absolute Gasteiger partial charge is 0.361 e. The van der Waals surface area contributed by atoms with Crippen molar-refractivity contribution in [2.24, 2.45) is 11.8 Å². The maximum absolute atomic E-state index is 14.1. The topological polar surface area (TPSA) is 136 Å². The normalized spacial score (nSPS) is 32.7. The fourth-order valence-electron chi connectivity index (χ4n) is 7.54. The first-order valence-electron chi connectivity index (χ1n) is 15.4. The molecule has 1 aromatic heterocycles. The highest BCUT2D eigenvalue weighted by Gasteiger charge is 2.67. The van der Waals surface area contributed by atoms with Gasteiger partial charge in [0.2, 0.25) is 17.5 Å². The van der Waals surface area contributed by atoms with E-state index in [9.17, 15) is 19.5 Å². The highest BCUT2D eigenvalue weighted by Crippen LogP contribution is 2.45. The lowest BCUT2D eigenvalue weighted by molar-refractivity contribution is -0.302. The number of aromatic nitrogens is 1. The van der Waals surface area contributed by atoms with Crippen molar-refractivity contribution in [1.29, 1.82) is 0 Å². The molecule has 230 valence electrons. The molecule has 10 heteroatoms. The molecule has 2 saturated heterocycles. The molecule has 0 spiro atoms. The number of aromatic amines is 1. The maximum Gasteiger partial charge on any atom is 0.280 e. The summed E-state index contributed by atoms with van der Waals surface area (Å²) < 4.78 is 6.21. The van der Waals surface area contributed by atoms with Gasteiger partial charge in [-0.2, -0.15) is 0 Å². The Morgan fingerprint density at radius 3 is 2.66 bits per heavy atom. The summed E-state index contributed by atoms with van der Waals surface area (Å²) in [6, 6.07) is 13.6. The van der Waals surface area contributed by atoms with Gasteiger partial charge in [0.05, 0.1) is 5.92 Å². The van der Waals surface area contributed by atoms with Crippen LogP contribution in [0.1, 0.15) is 50.8 Å². The second-order valence-corrected chi connectivity index (χ2v) is 13.5. The second kappa shape index (κ2) is 10.0. The number of piperazine rings is 1. The van der Waals surface area contributed by atoms with Crippen LogP contribution in [0, 0.1) is 11.8 Å². The first-order valence-corrected chi connectivity index (χ1v) is 15.4. The van der Waals surface area contributed by atoms with Gasteiger partial charge in [0, 0.05) is 29.2 Å². The van der Waals surface area contributed by atoms with Gasteiger partial charge >= 0.3 is 0 Å². The Balaban J connectivity index is 1.20. The summed E-state index contributed by atoms with van der Waals surface area (Å²) >= 11 is 0. The molecule has 0 saturated carbocycles. The van der Waals surface area contributed by atoms with Crippen molar-refractivity contribution in [3.8, 4) is 0 Å². The third-order valence-corrected chi connectivity index (χ3v) is 9.68. The molecule has 3 aliphatic heterocycles. The molecule has 1 aliphatic carbocycles. The lowest BCUT2D eigenvalue weighted by atomic mass is 9.72. The number of nitrogens with zero attached hydrogens (tertiary/aromatic N) is 1. The molecular formula is C34H39N5O5. The van der Waals surface area contributed by atoms with Crippen molar-refractivity contribution in [3.63, 3.8) is 0 Å². The summed E-state index contributed by atoms with van der Waals surface area (Å²) in [5, 5.41) is 22.6. The first kappa shape index (κ1) is 28.8. The smallest absolute Gasteiger partial charge is 0.280 e. The van der Waals surface area contributed by atoms with Crippen LogP contribution in [0.5, 0.6) is 0 Å². The zero-order chi connectivity index (χ0) is 31.0. The van der Waals surface area contributed by atoms with E-state index in [4.69, 9.17) is 4.74 Å².